The van der Waals surface area contributed by atoms with Crippen LogP contribution >= 0.6 is 24.0 Å². The van der Waals surface area contributed by atoms with E-state index in [4.69, 9.17) is 11.6 Å². The van der Waals surface area contributed by atoms with E-state index in [1.54, 1.807) is 6.20 Å². The Morgan fingerprint density at radius 3 is 2.75 bits per heavy atom. The van der Waals surface area contributed by atoms with Crippen molar-refractivity contribution in [2.75, 3.05) is 19.6 Å². The van der Waals surface area contributed by atoms with Crippen LogP contribution in [0.1, 0.15) is 36.1 Å². The number of hydrogen-bond donors (Lipinski definition) is 1. The van der Waals surface area contributed by atoms with Crippen molar-refractivity contribution in [2.24, 2.45) is 7.05 Å². The Labute approximate surface area is 152 Å². The second-order valence-corrected chi connectivity index (χ2v) is 6.82. The molecule has 0 atom stereocenters. The molecule has 0 spiro atoms. The Morgan fingerprint density at radius 2 is 2.04 bits per heavy atom. The van der Waals surface area contributed by atoms with E-state index >= 15 is 0 Å². The first-order valence-corrected chi connectivity index (χ1v) is 8.61. The van der Waals surface area contributed by atoms with Crippen molar-refractivity contribution in [2.45, 2.75) is 38.4 Å². The second-order valence-electron chi connectivity index (χ2n) is 6.42. The van der Waals surface area contributed by atoms with Crippen molar-refractivity contribution in [3.05, 3.63) is 28.6 Å². The number of piperidine rings is 1. The summed E-state index contributed by atoms with van der Waals surface area (Å²) in [6.07, 6.45) is 3.97. The summed E-state index contributed by atoms with van der Waals surface area (Å²) in [5.74, 6) is 2.78. The van der Waals surface area contributed by atoms with Crippen LogP contribution in [-0.4, -0.2) is 49.1 Å². The number of rotatable bonds is 3. The van der Waals surface area contributed by atoms with Crippen LogP contribution in [0.5, 0.6) is 0 Å². The fourth-order valence-electron chi connectivity index (χ4n) is 3.59. The molecule has 4 heterocycles. The van der Waals surface area contributed by atoms with Gasteiger partial charge >= 0.3 is 0 Å². The molecule has 132 valence electrons. The SMILES string of the molecule is Cl.Cn1ncc(Cl)c1CN1CCC(c2nnc3n2CCNC3)CC1. The van der Waals surface area contributed by atoms with E-state index in [-0.39, 0.29) is 12.4 Å². The van der Waals surface area contributed by atoms with Crippen LogP contribution in [0.4, 0.5) is 0 Å². The molecule has 0 aliphatic carbocycles. The number of nitrogens with zero attached hydrogens (tertiary/aromatic N) is 6. The zero-order valence-electron chi connectivity index (χ0n) is 13.8. The lowest BCUT2D eigenvalue weighted by Gasteiger charge is -2.32. The van der Waals surface area contributed by atoms with Gasteiger partial charge in [0, 0.05) is 32.6 Å². The van der Waals surface area contributed by atoms with E-state index in [1.807, 2.05) is 11.7 Å². The monoisotopic (exact) mass is 371 g/mol. The van der Waals surface area contributed by atoms with Gasteiger partial charge in [0.25, 0.3) is 0 Å². The van der Waals surface area contributed by atoms with Crippen LogP contribution in [0.2, 0.25) is 5.02 Å². The summed E-state index contributed by atoms with van der Waals surface area (Å²) >= 11 is 6.22. The highest BCUT2D eigenvalue weighted by Gasteiger charge is 2.27. The minimum absolute atomic E-state index is 0. The van der Waals surface area contributed by atoms with Crippen LogP contribution in [0.3, 0.4) is 0 Å². The summed E-state index contributed by atoms with van der Waals surface area (Å²) in [6, 6.07) is 0. The highest BCUT2D eigenvalue weighted by Crippen LogP contribution is 2.29. The van der Waals surface area contributed by atoms with Gasteiger partial charge in [0.2, 0.25) is 0 Å². The number of hydrogen-bond acceptors (Lipinski definition) is 5. The summed E-state index contributed by atoms with van der Waals surface area (Å²) in [5.41, 5.74) is 1.09. The Balaban J connectivity index is 0.00000169. The average Bonchev–Trinajstić information content (AvgIpc) is 3.14. The van der Waals surface area contributed by atoms with E-state index < -0.39 is 0 Å². The smallest absolute Gasteiger partial charge is 0.147 e. The molecule has 1 saturated heterocycles. The van der Waals surface area contributed by atoms with Gasteiger partial charge < -0.3 is 9.88 Å². The van der Waals surface area contributed by atoms with E-state index in [0.29, 0.717) is 5.92 Å². The summed E-state index contributed by atoms with van der Waals surface area (Å²) in [6.45, 7) is 5.83. The molecule has 0 amide bonds. The summed E-state index contributed by atoms with van der Waals surface area (Å²) in [7, 11) is 1.95. The number of aromatic nitrogens is 5. The minimum Gasteiger partial charge on any atom is -0.312 e. The molecule has 0 aromatic carbocycles. The maximum atomic E-state index is 6.22. The first-order valence-electron chi connectivity index (χ1n) is 8.24. The summed E-state index contributed by atoms with van der Waals surface area (Å²) in [5, 5.41) is 17.1. The van der Waals surface area contributed by atoms with Gasteiger partial charge in [0.1, 0.15) is 11.6 Å². The predicted octanol–water partition coefficient (Wildman–Crippen LogP) is 1.57. The minimum atomic E-state index is 0. The number of halogens is 2. The van der Waals surface area contributed by atoms with Gasteiger partial charge in [-0.1, -0.05) is 11.6 Å². The molecule has 0 radical (unpaired) electrons. The molecule has 1 fully saturated rings. The quantitative estimate of drug-likeness (QED) is 0.886. The molecule has 7 nitrogen and oxygen atoms in total. The molecule has 24 heavy (non-hydrogen) atoms. The molecule has 2 aromatic heterocycles. The van der Waals surface area contributed by atoms with Gasteiger partial charge in [-0.3, -0.25) is 9.58 Å². The zero-order chi connectivity index (χ0) is 15.8. The van der Waals surface area contributed by atoms with Crippen LogP contribution in [-0.2, 0) is 26.7 Å². The maximum Gasteiger partial charge on any atom is 0.147 e. The average molecular weight is 372 g/mol. The van der Waals surface area contributed by atoms with Gasteiger partial charge in [0.15, 0.2) is 0 Å². The Bertz CT molecular complexity index is 669. The summed E-state index contributed by atoms with van der Waals surface area (Å²) in [4.78, 5) is 2.45. The topological polar surface area (TPSA) is 63.8 Å². The zero-order valence-corrected chi connectivity index (χ0v) is 15.4. The Hall–Kier alpha value is -1.15. The van der Waals surface area contributed by atoms with Gasteiger partial charge in [-0.25, -0.2) is 0 Å². The first-order chi connectivity index (χ1) is 11.2. The lowest BCUT2D eigenvalue weighted by molar-refractivity contribution is 0.195. The third-order valence-corrected chi connectivity index (χ3v) is 5.30. The second kappa shape index (κ2) is 7.39. The number of fused-ring (bicyclic) bond motifs is 1. The van der Waals surface area contributed by atoms with E-state index in [1.165, 1.54) is 5.82 Å². The van der Waals surface area contributed by atoms with Crippen molar-refractivity contribution in [1.29, 1.82) is 0 Å². The van der Waals surface area contributed by atoms with Crippen molar-refractivity contribution in [3.8, 4) is 0 Å². The number of likely N-dealkylation sites (tertiary alicyclic amines) is 1. The molecule has 0 bridgehead atoms. The maximum absolute atomic E-state index is 6.22. The van der Waals surface area contributed by atoms with Crippen molar-refractivity contribution < 1.29 is 0 Å². The van der Waals surface area contributed by atoms with E-state index in [2.05, 4.69) is 30.1 Å². The fraction of sp³-hybridized carbons (Fsp3) is 0.667. The van der Waals surface area contributed by atoms with Gasteiger partial charge in [-0.15, -0.1) is 22.6 Å². The van der Waals surface area contributed by atoms with Gasteiger partial charge in [0.05, 0.1) is 23.5 Å². The molecular formula is C15H23Cl2N7. The fourth-order valence-corrected chi connectivity index (χ4v) is 3.82. The number of aryl methyl sites for hydroxylation is 1. The van der Waals surface area contributed by atoms with Crippen LogP contribution < -0.4 is 5.32 Å². The molecule has 0 saturated carbocycles. The van der Waals surface area contributed by atoms with Crippen molar-refractivity contribution in [3.63, 3.8) is 0 Å². The predicted molar refractivity (Wildman–Crippen MR) is 94.4 cm³/mol. The van der Waals surface area contributed by atoms with Gasteiger partial charge in [-0.2, -0.15) is 5.10 Å². The standard InChI is InChI=1S/C15H22ClN7.ClH/c1-21-13(12(16)8-18-21)10-22-5-2-11(3-6-22)15-20-19-14-9-17-4-7-23(14)15;/h8,11,17H,2-7,9-10H2,1H3;1H. The largest absolute Gasteiger partial charge is 0.312 e. The van der Waals surface area contributed by atoms with Crippen molar-refractivity contribution >= 4 is 24.0 Å². The Kier molecular flexibility index (Phi) is 5.44. The number of nitrogens with one attached hydrogen (secondary N) is 1. The third-order valence-electron chi connectivity index (χ3n) is 4.99. The van der Waals surface area contributed by atoms with Gasteiger partial charge in [-0.05, 0) is 25.9 Å². The summed E-state index contributed by atoms with van der Waals surface area (Å²) < 4.78 is 4.19. The molecule has 2 aliphatic heterocycles. The molecular weight excluding hydrogens is 349 g/mol. The Morgan fingerprint density at radius 1 is 1.25 bits per heavy atom. The van der Waals surface area contributed by atoms with E-state index in [0.717, 1.165) is 68.7 Å². The lowest BCUT2D eigenvalue weighted by atomic mass is 9.95. The van der Waals surface area contributed by atoms with Crippen LogP contribution in [0.15, 0.2) is 6.20 Å². The molecule has 1 N–H and O–H groups in total. The first kappa shape index (κ1) is 17.7. The molecule has 0 unspecified atom stereocenters. The molecule has 4 rings (SSSR count). The molecule has 2 aromatic rings. The van der Waals surface area contributed by atoms with E-state index in [9.17, 15) is 0 Å². The van der Waals surface area contributed by atoms with Crippen LogP contribution in [0.25, 0.3) is 0 Å². The third kappa shape index (κ3) is 3.31. The lowest BCUT2D eigenvalue weighted by Crippen LogP contribution is -2.35. The van der Waals surface area contributed by atoms with Crippen molar-refractivity contribution in [1.82, 2.24) is 34.8 Å². The molecule has 2 aliphatic rings. The highest BCUT2D eigenvalue weighted by molar-refractivity contribution is 6.31. The highest BCUT2D eigenvalue weighted by atomic mass is 35.5. The normalized spacial score (nSPS) is 19.1. The molecule has 9 heteroatoms. The van der Waals surface area contributed by atoms with Crippen LogP contribution in [0, 0.1) is 0 Å².